The van der Waals surface area contributed by atoms with Crippen molar-refractivity contribution in [2.45, 2.75) is 11.7 Å². The molecule has 0 radical (unpaired) electrons. The third-order valence-corrected chi connectivity index (χ3v) is 8.57. The standard InChI is InChI=1S/C32H25ClN6O2S2/c1-3-16-39-30(25-17-27(20-10-14-23(41-2)15-11-20)34-26-7-5-4-6-24(25)26)37-38-32(39)43-19-29(40)36-31-35-28(18-42-31)21-8-12-22(33)13-9-21/h3-15,17-18H,1,16,19H2,2H3,(H,35,36,40). The van der Waals surface area contributed by atoms with Gasteiger partial charge in [0.25, 0.3) is 0 Å². The number of fused-ring (bicyclic) bond motifs is 1. The van der Waals surface area contributed by atoms with E-state index in [-0.39, 0.29) is 11.7 Å². The Morgan fingerprint density at radius 2 is 1.77 bits per heavy atom. The fourth-order valence-corrected chi connectivity index (χ4v) is 6.14. The first-order chi connectivity index (χ1) is 21.0. The zero-order valence-electron chi connectivity index (χ0n) is 23.0. The molecule has 3 heterocycles. The summed E-state index contributed by atoms with van der Waals surface area (Å²) in [5.74, 6) is 1.40. The predicted octanol–water partition coefficient (Wildman–Crippen LogP) is 7.86. The Morgan fingerprint density at radius 1 is 1.02 bits per heavy atom. The number of amides is 1. The first-order valence-corrected chi connectivity index (χ1v) is 15.5. The van der Waals surface area contributed by atoms with Crippen LogP contribution in [0.3, 0.4) is 0 Å². The van der Waals surface area contributed by atoms with Gasteiger partial charge >= 0.3 is 0 Å². The van der Waals surface area contributed by atoms with E-state index in [0.717, 1.165) is 44.7 Å². The van der Waals surface area contributed by atoms with Crippen molar-refractivity contribution in [2.24, 2.45) is 0 Å². The first-order valence-electron chi connectivity index (χ1n) is 13.2. The second-order valence-electron chi connectivity index (χ2n) is 9.39. The lowest BCUT2D eigenvalue weighted by Crippen LogP contribution is -2.14. The molecule has 1 amide bonds. The van der Waals surface area contributed by atoms with E-state index < -0.39 is 0 Å². The number of nitrogens with zero attached hydrogens (tertiary/aromatic N) is 5. The van der Waals surface area contributed by atoms with Crippen molar-refractivity contribution < 1.29 is 9.53 Å². The number of carbonyl (C=O) groups is 1. The number of methoxy groups -OCH3 is 1. The number of carbonyl (C=O) groups excluding carboxylic acids is 1. The van der Waals surface area contributed by atoms with Crippen LogP contribution in [0, 0.1) is 0 Å². The largest absolute Gasteiger partial charge is 0.497 e. The second-order valence-corrected chi connectivity index (χ2v) is 11.6. The van der Waals surface area contributed by atoms with Crippen molar-refractivity contribution in [3.05, 3.63) is 102 Å². The smallest absolute Gasteiger partial charge is 0.236 e. The Labute approximate surface area is 261 Å². The molecular formula is C32H25ClN6O2S2. The molecule has 0 saturated heterocycles. The topological polar surface area (TPSA) is 94.8 Å². The fraction of sp³-hybridized carbons (Fsp3) is 0.0938. The summed E-state index contributed by atoms with van der Waals surface area (Å²) in [5.41, 5.74) is 5.20. The summed E-state index contributed by atoms with van der Waals surface area (Å²) in [7, 11) is 1.64. The number of nitrogens with one attached hydrogen (secondary N) is 1. The quantitative estimate of drug-likeness (QED) is 0.122. The number of pyridine rings is 1. The van der Waals surface area contributed by atoms with Crippen LogP contribution in [0.4, 0.5) is 5.13 Å². The number of halogens is 1. The van der Waals surface area contributed by atoms with Crippen LogP contribution in [0.5, 0.6) is 5.75 Å². The number of hydrogen-bond donors (Lipinski definition) is 1. The predicted molar refractivity (Wildman–Crippen MR) is 175 cm³/mol. The van der Waals surface area contributed by atoms with Crippen molar-refractivity contribution >= 4 is 56.6 Å². The summed E-state index contributed by atoms with van der Waals surface area (Å²) in [4.78, 5) is 22.3. The van der Waals surface area contributed by atoms with E-state index in [0.29, 0.717) is 27.7 Å². The third kappa shape index (κ3) is 6.31. The number of para-hydroxylation sites is 1. The van der Waals surface area contributed by atoms with Gasteiger partial charge in [0, 0.05) is 39.0 Å². The molecule has 8 nitrogen and oxygen atoms in total. The Bertz CT molecular complexity index is 1920. The van der Waals surface area contributed by atoms with Gasteiger partial charge in [0.2, 0.25) is 5.91 Å². The van der Waals surface area contributed by atoms with Crippen molar-refractivity contribution in [1.82, 2.24) is 24.7 Å². The summed E-state index contributed by atoms with van der Waals surface area (Å²) < 4.78 is 7.29. The van der Waals surface area contributed by atoms with Gasteiger partial charge in [-0.1, -0.05) is 59.8 Å². The second kappa shape index (κ2) is 12.8. The highest BCUT2D eigenvalue weighted by atomic mass is 35.5. The van der Waals surface area contributed by atoms with E-state index in [2.05, 4.69) is 27.1 Å². The Morgan fingerprint density at radius 3 is 2.53 bits per heavy atom. The monoisotopic (exact) mass is 624 g/mol. The highest BCUT2D eigenvalue weighted by Gasteiger charge is 2.19. The molecule has 0 unspecified atom stereocenters. The minimum absolute atomic E-state index is 0.138. The molecule has 1 N–H and O–H groups in total. The van der Waals surface area contributed by atoms with E-state index in [9.17, 15) is 4.79 Å². The van der Waals surface area contributed by atoms with Gasteiger partial charge in [0.1, 0.15) is 5.75 Å². The molecule has 0 atom stereocenters. The lowest BCUT2D eigenvalue weighted by Gasteiger charge is -2.12. The minimum Gasteiger partial charge on any atom is -0.497 e. The summed E-state index contributed by atoms with van der Waals surface area (Å²) in [6.45, 7) is 4.41. The summed E-state index contributed by atoms with van der Waals surface area (Å²) in [6.07, 6.45) is 1.79. The lowest BCUT2D eigenvalue weighted by atomic mass is 10.0. The molecule has 3 aromatic heterocycles. The van der Waals surface area contributed by atoms with Crippen LogP contribution in [0.2, 0.25) is 5.02 Å². The number of aromatic nitrogens is 5. The molecule has 11 heteroatoms. The molecule has 0 bridgehead atoms. The average molecular weight is 625 g/mol. The number of thioether (sulfide) groups is 1. The van der Waals surface area contributed by atoms with E-state index in [1.165, 1.54) is 23.1 Å². The van der Waals surface area contributed by atoms with Crippen LogP contribution in [-0.2, 0) is 11.3 Å². The number of thiazole rings is 1. The number of hydrogen-bond acceptors (Lipinski definition) is 8. The zero-order valence-corrected chi connectivity index (χ0v) is 25.4. The van der Waals surface area contributed by atoms with E-state index in [1.54, 1.807) is 13.2 Å². The van der Waals surface area contributed by atoms with Gasteiger partial charge in [-0.15, -0.1) is 28.1 Å². The van der Waals surface area contributed by atoms with Crippen LogP contribution in [-0.4, -0.2) is 43.5 Å². The van der Waals surface area contributed by atoms with Crippen molar-refractivity contribution in [1.29, 1.82) is 0 Å². The van der Waals surface area contributed by atoms with Gasteiger partial charge < -0.3 is 10.1 Å². The van der Waals surface area contributed by atoms with Gasteiger partial charge in [0.15, 0.2) is 16.1 Å². The molecule has 0 aliphatic rings. The maximum atomic E-state index is 12.9. The minimum atomic E-state index is -0.187. The van der Waals surface area contributed by atoms with Crippen molar-refractivity contribution in [2.75, 3.05) is 18.2 Å². The Hall–Kier alpha value is -4.51. The maximum absolute atomic E-state index is 12.9. The molecule has 6 aromatic rings. The molecular weight excluding hydrogens is 600 g/mol. The highest BCUT2D eigenvalue weighted by Crippen LogP contribution is 2.34. The van der Waals surface area contributed by atoms with Gasteiger partial charge in [-0.25, -0.2) is 9.97 Å². The number of benzene rings is 3. The fourth-order valence-electron chi connectivity index (χ4n) is 4.53. The molecule has 0 saturated carbocycles. The lowest BCUT2D eigenvalue weighted by molar-refractivity contribution is -0.113. The normalized spacial score (nSPS) is 11.0. The molecule has 0 fully saturated rings. The number of rotatable bonds is 10. The average Bonchev–Trinajstić information content (AvgIpc) is 3.67. The van der Waals surface area contributed by atoms with E-state index >= 15 is 0 Å². The number of allylic oxidation sites excluding steroid dienone is 1. The van der Waals surface area contributed by atoms with Gasteiger partial charge in [-0.3, -0.25) is 9.36 Å². The molecule has 6 rings (SSSR count). The maximum Gasteiger partial charge on any atom is 0.236 e. The summed E-state index contributed by atoms with van der Waals surface area (Å²) in [5, 5.41) is 16.6. The highest BCUT2D eigenvalue weighted by molar-refractivity contribution is 7.99. The number of ether oxygens (including phenoxy) is 1. The van der Waals surface area contributed by atoms with E-state index in [4.69, 9.17) is 21.3 Å². The van der Waals surface area contributed by atoms with Crippen LogP contribution in [0.1, 0.15) is 0 Å². The number of anilines is 1. The van der Waals surface area contributed by atoms with Crippen molar-refractivity contribution in [3.8, 4) is 39.7 Å². The zero-order chi connectivity index (χ0) is 29.8. The Kier molecular flexibility index (Phi) is 8.50. The molecule has 214 valence electrons. The van der Waals surface area contributed by atoms with Crippen molar-refractivity contribution in [3.63, 3.8) is 0 Å². The molecule has 0 spiro atoms. The Balaban J connectivity index is 1.24. The SMILES string of the molecule is C=CCn1c(SCC(=O)Nc2nc(-c3ccc(Cl)cc3)cs2)nnc1-c1cc(-c2ccc(OC)cc2)nc2ccccc12. The summed E-state index contributed by atoms with van der Waals surface area (Å²) >= 11 is 8.67. The van der Waals surface area contributed by atoms with Gasteiger partial charge in [0.05, 0.1) is 29.8 Å². The molecule has 0 aliphatic heterocycles. The molecule has 0 aliphatic carbocycles. The summed E-state index contributed by atoms with van der Waals surface area (Å²) in [6, 6.07) is 25.2. The van der Waals surface area contributed by atoms with Gasteiger partial charge in [-0.2, -0.15) is 0 Å². The van der Waals surface area contributed by atoms with Crippen LogP contribution < -0.4 is 10.1 Å². The van der Waals surface area contributed by atoms with Crippen LogP contribution in [0.15, 0.2) is 102 Å². The van der Waals surface area contributed by atoms with Crippen LogP contribution in [0.25, 0.3) is 44.8 Å². The molecule has 43 heavy (non-hydrogen) atoms. The van der Waals surface area contributed by atoms with E-state index in [1.807, 2.05) is 88.8 Å². The first kappa shape index (κ1) is 28.6. The third-order valence-electron chi connectivity index (χ3n) is 6.59. The van der Waals surface area contributed by atoms with Crippen LogP contribution >= 0.6 is 34.7 Å². The van der Waals surface area contributed by atoms with Gasteiger partial charge in [-0.05, 0) is 48.5 Å². The molecule has 3 aromatic carbocycles.